The Bertz CT molecular complexity index is 870. The van der Waals surface area contributed by atoms with Crippen LogP contribution in [0.2, 0.25) is 0 Å². The minimum Gasteiger partial charge on any atom is -0.321 e. The Kier molecular flexibility index (Phi) is 3.87. The zero-order valence-corrected chi connectivity index (χ0v) is 14.5. The summed E-state index contributed by atoms with van der Waals surface area (Å²) >= 11 is 3.65. The van der Waals surface area contributed by atoms with E-state index in [-0.39, 0.29) is 11.3 Å². The summed E-state index contributed by atoms with van der Waals surface area (Å²) in [4.78, 5) is 17.6. The summed E-state index contributed by atoms with van der Waals surface area (Å²) in [6.45, 7) is 2.93. The van der Waals surface area contributed by atoms with Crippen molar-refractivity contribution in [3.05, 3.63) is 69.9 Å². The zero-order valence-electron chi connectivity index (χ0n) is 12.9. The van der Waals surface area contributed by atoms with Gasteiger partial charge in [-0.25, -0.2) is 0 Å². The predicted molar refractivity (Wildman–Crippen MR) is 99.2 cm³/mol. The average Bonchev–Trinajstić information content (AvgIpc) is 3.22. The minimum absolute atomic E-state index is 0.136. The second-order valence-corrected chi connectivity index (χ2v) is 8.24. The van der Waals surface area contributed by atoms with Crippen LogP contribution in [0.25, 0.3) is 10.8 Å². The number of nitrogens with zero attached hydrogens (tertiary/aromatic N) is 1. The molecule has 0 saturated carbocycles. The fourth-order valence-corrected chi connectivity index (χ4v) is 5.36. The molecule has 0 unspecified atom stereocenters. The van der Waals surface area contributed by atoms with E-state index in [1.165, 1.54) is 15.1 Å². The molecule has 1 aliphatic rings. The van der Waals surface area contributed by atoms with E-state index >= 15 is 0 Å². The lowest BCUT2D eigenvalue weighted by atomic mass is 10.1. The van der Waals surface area contributed by atoms with E-state index in [9.17, 15) is 4.79 Å². The number of amides is 1. The number of carbonyl (C=O) groups excluding carboxylic acids is 1. The summed E-state index contributed by atoms with van der Waals surface area (Å²) in [5.41, 5.74) is 0.782. The lowest BCUT2D eigenvalue weighted by Crippen LogP contribution is -2.30. The third kappa shape index (κ3) is 2.77. The largest absolute Gasteiger partial charge is 0.321 e. The Balaban J connectivity index is 1.66. The Labute approximate surface area is 144 Å². The molecule has 0 aliphatic carbocycles. The number of thioether (sulfide) groups is 1. The Morgan fingerprint density at radius 1 is 1.09 bits per heavy atom. The van der Waals surface area contributed by atoms with Crippen LogP contribution in [0.5, 0.6) is 0 Å². The van der Waals surface area contributed by atoms with Gasteiger partial charge in [0.2, 0.25) is 0 Å². The molecule has 0 N–H and O–H groups in total. The highest BCUT2D eigenvalue weighted by molar-refractivity contribution is 7.99. The highest BCUT2D eigenvalue weighted by Gasteiger charge is 2.32. The molecular formula is C19H17NOS2. The van der Waals surface area contributed by atoms with Crippen molar-refractivity contribution in [1.29, 1.82) is 0 Å². The molecule has 4 heteroatoms. The number of thiophene rings is 1. The van der Waals surface area contributed by atoms with Gasteiger partial charge in [-0.3, -0.25) is 4.79 Å². The van der Waals surface area contributed by atoms with Crippen molar-refractivity contribution < 1.29 is 4.79 Å². The van der Waals surface area contributed by atoms with Crippen molar-refractivity contribution in [2.24, 2.45) is 0 Å². The highest BCUT2D eigenvalue weighted by atomic mass is 32.2. The van der Waals surface area contributed by atoms with E-state index < -0.39 is 0 Å². The predicted octanol–water partition coefficient (Wildman–Crippen LogP) is 5.10. The van der Waals surface area contributed by atoms with E-state index in [2.05, 4.69) is 31.2 Å². The topological polar surface area (TPSA) is 20.3 Å². The molecule has 4 rings (SSSR count). The van der Waals surface area contributed by atoms with Gasteiger partial charge in [0.15, 0.2) is 0 Å². The van der Waals surface area contributed by atoms with Crippen LogP contribution in [0, 0.1) is 6.92 Å². The third-order valence-corrected chi connectivity index (χ3v) is 6.60. The molecule has 116 valence electrons. The van der Waals surface area contributed by atoms with Crippen LogP contribution in [0.4, 0.5) is 0 Å². The normalized spacial score (nSPS) is 17.8. The number of rotatable bonds is 2. The summed E-state index contributed by atoms with van der Waals surface area (Å²) in [5.74, 6) is 1.14. The van der Waals surface area contributed by atoms with Crippen LogP contribution < -0.4 is 0 Å². The molecule has 2 heterocycles. The fraction of sp³-hybridized carbons (Fsp3) is 0.211. The Hall–Kier alpha value is -1.78. The van der Waals surface area contributed by atoms with E-state index in [0.29, 0.717) is 0 Å². The molecule has 2 nitrogen and oxygen atoms in total. The van der Waals surface area contributed by atoms with Gasteiger partial charge in [-0.1, -0.05) is 30.3 Å². The van der Waals surface area contributed by atoms with E-state index in [4.69, 9.17) is 0 Å². The minimum atomic E-state index is 0.136. The van der Waals surface area contributed by atoms with Crippen LogP contribution in [0.1, 0.15) is 25.5 Å². The molecule has 0 bridgehead atoms. The van der Waals surface area contributed by atoms with Gasteiger partial charge in [0, 0.05) is 27.6 Å². The van der Waals surface area contributed by atoms with Gasteiger partial charge in [-0.15, -0.1) is 23.1 Å². The van der Waals surface area contributed by atoms with Crippen LogP contribution in [-0.2, 0) is 0 Å². The molecule has 1 amide bonds. The molecule has 0 spiro atoms. The fourth-order valence-electron chi connectivity index (χ4n) is 2.99. The van der Waals surface area contributed by atoms with Crippen LogP contribution in [0.3, 0.4) is 0 Å². The van der Waals surface area contributed by atoms with E-state index in [0.717, 1.165) is 23.2 Å². The van der Waals surface area contributed by atoms with Gasteiger partial charge in [-0.2, -0.15) is 0 Å². The number of fused-ring (bicyclic) bond motifs is 1. The summed E-state index contributed by atoms with van der Waals surface area (Å²) in [6, 6.07) is 18.5. The Morgan fingerprint density at radius 2 is 1.91 bits per heavy atom. The zero-order chi connectivity index (χ0) is 15.8. The number of carbonyl (C=O) groups is 1. The van der Waals surface area contributed by atoms with Gasteiger partial charge in [-0.05, 0) is 42.0 Å². The van der Waals surface area contributed by atoms with Crippen molar-refractivity contribution in [3.8, 4) is 0 Å². The van der Waals surface area contributed by atoms with Gasteiger partial charge < -0.3 is 4.90 Å². The van der Waals surface area contributed by atoms with Crippen molar-refractivity contribution in [1.82, 2.24) is 4.90 Å². The number of hydrogen-bond acceptors (Lipinski definition) is 3. The molecule has 1 saturated heterocycles. The first-order chi connectivity index (χ1) is 11.2. The number of hydrogen-bond donors (Lipinski definition) is 0. The monoisotopic (exact) mass is 339 g/mol. The molecule has 2 aromatic carbocycles. The first-order valence-electron chi connectivity index (χ1n) is 7.70. The first kappa shape index (κ1) is 14.8. The van der Waals surface area contributed by atoms with Crippen molar-refractivity contribution in [3.63, 3.8) is 0 Å². The maximum absolute atomic E-state index is 13.0. The summed E-state index contributed by atoms with van der Waals surface area (Å²) in [6.07, 6.45) is 0. The summed E-state index contributed by atoms with van der Waals surface area (Å²) in [5, 5.41) is 2.45. The van der Waals surface area contributed by atoms with Crippen LogP contribution in [-0.4, -0.2) is 23.1 Å². The first-order valence-corrected chi connectivity index (χ1v) is 9.56. The summed E-state index contributed by atoms with van der Waals surface area (Å²) < 4.78 is 0. The molecule has 1 fully saturated rings. The maximum Gasteiger partial charge on any atom is 0.255 e. The molecule has 1 aromatic heterocycles. The average molecular weight is 339 g/mol. The molecular weight excluding hydrogens is 322 g/mol. The van der Waals surface area contributed by atoms with E-state index in [1.807, 2.05) is 47.0 Å². The van der Waals surface area contributed by atoms with Gasteiger partial charge >= 0.3 is 0 Å². The molecule has 23 heavy (non-hydrogen) atoms. The molecule has 1 atom stereocenters. The standard InChI is InChI=1S/C19H17NOS2/c1-13-6-9-17(23-13)19-20(10-11-22-19)18(21)16-8-7-14-4-2-3-5-15(14)12-16/h2-9,12,19H,10-11H2,1H3/t19-/m0/s1. The van der Waals surface area contributed by atoms with Crippen molar-refractivity contribution in [2.75, 3.05) is 12.3 Å². The molecule has 0 radical (unpaired) electrons. The molecule has 3 aromatic rings. The maximum atomic E-state index is 13.0. The smallest absolute Gasteiger partial charge is 0.255 e. The molecule has 1 aliphatic heterocycles. The number of aryl methyl sites for hydroxylation is 1. The SMILES string of the molecule is Cc1ccc([C@@H]2SCCN2C(=O)c2ccc3ccccc3c2)s1. The second kappa shape index (κ2) is 6.02. The quantitative estimate of drug-likeness (QED) is 0.647. The summed E-state index contributed by atoms with van der Waals surface area (Å²) in [7, 11) is 0. The van der Waals surface area contributed by atoms with Crippen molar-refractivity contribution in [2.45, 2.75) is 12.3 Å². The van der Waals surface area contributed by atoms with Gasteiger partial charge in [0.1, 0.15) is 5.37 Å². The third-order valence-electron chi connectivity index (χ3n) is 4.15. The van der Waals surface area contributed by atoms with Crippen LogP contribution in [0.15, 0.2) is 54.6 Å². The van der Waals surface area contributed by atoms with Gasteiger partial charge in [0.25, 0.3) is 5.91 Å². The van der Waals surface area contributed by atoms with E-state index in [1.54, 1.807) is 11.3 Å². The lowest BCUT2D eigenvalue weighted by Gasteiger charge is -2.23. The van der Waals surface area contributed by atoms with Crippen molar-refractivity contribution >= 4 is 39.8 Å². The van der Waals surface area contributed by atoms with Gasteiger partial charge in [0.05, 0.1) is 0 Å². The lowest BCUT2D eigenvalue weighted by molar-refractivity contribution is 0.0762. The Morgan fingerprint density at radius 3 is 2.70 bits per heavy atom. The second-order valence-electron chi connectivity index (χ2n) is 5.73. The number of benzene rings is 2. The highest BCUT2D eigenvalue weighted by Crippen LogP contribution is 2.41. The van der Waals surface area contributed by atoms with Crippen LogP contribution >= 0.6 is 23.1 Å².